The van der Waals surface area contributed by atoms with Gasteiger partial charge in [-0.05, 0) is 61.1 Å². The normalized spacial score (nSPS) is 13.6. The van der Waals surface area contributed by atoms with E-state index in [1.165, 1.54) is 30.4 Å². The highest BCUT2D eigenvalue weighted by molar-refractivity contribution is 5.76. The largest absolute Gasteiger partial charge is 0.374 e. The average molecular weight is 535 g/mol. The highest BCUT2D eigenvalue weighted by Gasteiger charge is 2.17. The summed E-state index contributed by atoms with van der Waals surface area (Å²) in [5.74, 6) is 1.93. The number of hydrogen-bond acceptors (Lipinski definition) is 5. The third kappa shape index (κ3) is 7.76. The number of H-pyrrole nitrogens is 1. The summed E-state index contributed by atoms with van der Waals surface area (Å²) in [6, 6.07) is 28.9. The van der Waals surface area contributed by atoms with Crippen molar-refractivity contribution in [2.45, 2.75) is 38.8 Å². The molecule has 40 heavy (non-hydrogen) atoms. The quantitative estimate of drug-likeness (QED) is 0.206. The van der Waals surface area contributed by atoms with Gasteiger partial charge in [0.15, 0.2) is 0 Å². The van der Waals surface area contributed by atoms with Gasteiger partial charge in [0.25, 0.3) is 0 Å². The number of piperidine rings is 1. The Balaban J connectivity index is 1.36. The molecule has 4 aromatic rings. The van der Waals surface area contributed by atoms with E-state index >= 15 is 0 Å². The van der Waals surface area contributed by atoms with Gasteiger partial charge in [0, 0.05) is 56.1 Å². The van der Waals surface area contributed by atoms with E-state index in [4.69, 9.17) is 0 Å². The van der Waals surface area contributed by atoms with Gasteiger partial charge in [-0.1, -0.05) is 60.7 Å². The molecule has 7 heteroatoms. The molecule has 1 saturated heterocycles. The van der Waals surface area contributed by atoms with Crippen LogP contribution in [0, 0.1) is 0 Å². The van der Waals surface area contributed by atoms with Crippen LogP contribution < -0.4 is 10.2 Å². The van der Waals surface area contributed by atoms with Gasteiger partial charge < -0.3 is 25.0 Å². The number of anilines is 2. The standard InChI is InChI=1S/C33H38N6O/c40-27-38(23-18-28-10-4-1-5-11-28)31-16-14-30(15-17-31)36-33(26-37-21-8-3-9-22-37)39(25-32-34-19-20-35-32)24-29-12-6-2-7-13-29/h1-2,4-7,10-17,19-20,26-27,36H,3,8-9,18,21-25H2,(H,34,35)/b33-26-. The number of rotatable bonds is 13. The maximum Gasteiger partial charge on any atom is 0.214 e. The van der Waals surface area contributed by atoms with Crippen LogP contribution in [-0.2, 0) is 24.3 Å². The third-order valence-electron chi connectivity index (χ3n) is 7.23. The molecule has 1 aliphatic rings. The number of nitrogens with one attached hydrogen (secondary N) is 2. The van der Waals surface area contributed by atoms with Crippen LogP contribution in [0.2, 0.25) is 0 Å². The number of aromatic nitrogens is 2. The summed E-state index contributed by atoms with van der Waals surface area (Å²) in [7, 11) is 0. The maximum absolute atomic E-state index is 11.9. The fourth-order valence-corrected chi connectivity index (χ4v) is 5.03. The summed E-state index contributed by atoms with van der Waals surface area (Å²) in [5, 5.41) is 3.70. The van der Waals surface area contributed by atoms with Gasteiger partial charge >= 0.3 is 0 Å². The molecule has 0 radical (unpaired) electrons. The van der Waals surface area contributed by atoms with E-state index in [-0.39, 0.29) is 0 Å². The van der Waals surface area contributed by atoms with E-state index < -0.39 is 0 Å². The minimum Gasteiger partial charge on any atom is -0.374 e. The molecule has 0 unspecified atom stereocenters. The van der Waals surface area contributed by atoms with E-state index in [2.05, 4.69) is 67.7 Å². The fourth-order valence-electron chi connectivity index (χ4n) is 5.03. The maximum atomic E-state index is 11.9. The van der Waals surface area contributed by atoms with Gasteiger partial charge in [-0.2, -0.15) is 0 Å². The summed E-state index contributed by atoms with van der Waals surface area (Å²) >= 11 is 0. The van der Waals surface area contributed by atoms with Crippen molar-refractivity contribution < 1.29 is 4.79 Å². The van der Waals surface area contributed by atoms with Crippen molar-refractivity contribution in [3.8, 4) is 0 Å². The number of imidazole rings is 1. The number of carbonyl (C=O) groups is 1. The van der Waals surface area contributed by atoms with E-state index in [0.29, 0.717) is 13.1 Å². The Morgan fingerprint density at radius 2 is 1.57 bits per heavy atom. The highest BCUT2D eigenvalue weighted by atomic mass is 16.1. The summed E-state index contributed by atoms with van der Waals surface area (Å²) in [6.07, 6.45) is 11.4. The molecule has 2 heterocycles. The van der Waals surface area contributed by atoms with Crippen LogP contribution in [0.1, 0.15) is 36.2 Å². The van der Waals surface area contributed by atoms with E-state index in [1.54, 1.807) is 11.1 Å². The molecule has 3 aromatic carbocycles. The third-order valence-corrected chi connectivity index (χ3v) is 7.23. The Bertz CT molecular complexity index is 1320. The Kier molecular flexibility index (Phi) is 9.49. The molecular weight excluding hydrogens is 496 g/mol. The van der Waals surface area contributed by atoms with Crippen molar-refractivity contribution in [2.75, 3.05) is 29.9 Å². The number of likely N-dealkylation sites (tertiary alicyclic amines) is 1. The van der Waals surface area contributed by atoms with Crippen LogP contribution in [-0.4, -0.2) is 45.8 Å². The summed E-state index contributed by atoms with van der Waals surface area (Å²) in [4.78, 5) is 26.2. The first-order valence-corrected chi connectivity index (χ1v) is 14.1. The fraction of sp³-hybridized carbons (Fsp3) is 0.273. The van der Waals surface area contributed by atoms with Crippen LogP contribution in [0.4, 0.5) is 11.4 Å². The molecule has 1 aromatic heterocycles. The van der Waals surface area contributed by atoms with Gasteiger partial charge in [-0.3, -0.25) is 4.79 Å². The van der Waals surface area contributed by atoms with Crippen molar-refractivity contribution in [2.24, 2.45) is 0 Å². The predicted molar refractivity (Wildman–Crippen MR) is 161 cm³/mol. The van der Waals surface area contributed by atoms with Crippen molar-refractivity contribution >= 4 is 17.8 Å². The zero-order valence-corrected chi connectivity index (χ0v) is 23.0. The second-order valence-electron chi connectivity index (χ2n) is 10.2. The van der Waals surface area contributed by atoms with Gasteiger partial charge in [0.1, 0.15) is 11.6 Å². The zero-order valence-electron chi connectivity index (χ0n) is 23.0. The number of benzene rings is 3. The number of hydrogen-bond donors (Lipinski definition) is 2. The van der Waals surface area contributed by atoms with Gasteiger partial charge in [-0.15, -0.1) is 0 Å². The Morgan fingerprint density at radius 3 is 2.23 bits per heavy atom. The Hall–Kier alpha value is -4.52. The monoisotopic (exact) mass is 534 g/mol. The van der Waals surface area contributed by atoms with Gasteiger partial charge in [0.05, 0.1) is 6.54 Å². The van der Waals surface area contributed by atoms with Crippen molar-refractivity contribution in [3.05, 3.63) is 126 Å². The van der Waals surface area contributed by atoms with E-state index in [1.807, 2.05) is 54.7 Å². The molecule has 7 nitrogen and oxygen atoms in total. The molecule has 5 rings (SSSR count). The lowest BCUT2D eigenvalue weighted by Gasteiger charge is -2.32. The highest BCUT2D eigenvalue weighted by Crippen LogP contribution is 2.23. The molecule has 1 fully saturated rings. The predicted octanol–water partition coefficient (Wildman–Crippen LogP) is 6.01. The topological polar surface area (TPSA) is 67.5 Å². The number of carbonyl (C=O) groups excluding carboxylic acids is 1. The molecular formula is C33H38N6O. The minimum atomic E-state index is 0.633. The number of aromatic amines is 1. The molecule has 0 atom stereocenters. The number of nitrogens with zero attached hydrogens (tertiary/aromatic N) is 4. The first-order chi connectivity index (χ1) is 19.8. The Morgan fingerprint density at radius 1 is 0.875 bits per heavy atom. The van der Waals surface area contributed by atoms with Crippen LogP contribution in [0.5, 0.6) is 0 Å². The lowest BCUT2D eigenvalue weighted by atomic mass is 10.1. The SMILES string of the molecule is O=CN(CCc1ccccc1)c1ccc(N/C(=C/N2CCCCC2)N(Cc2ccccc2)Cc2ncc[nH]2)cc1. The van der Waals surface area contributed by atoms with Crippen LogP contribution in [0.25, 0.3) is 0 Å². The summed E-state index contributed by atoms with van der Waals surface area (Å²) in [6.45, 7) is 4.13. The Labute approximate surface area is 237 Å². The first kappa shape index (κ1) is 27.1. The van der Waals surface area contributed by atoms with Crippen LogP contribution in [0.3, 0.4) is 0 Å². The lowest BCUT2D eigenvalue weighted by Crippen LogP contribution is -2.32. The van der Waals surface area contributed by atoms with Crippen LogP contribution in [0.15, 0.2) is 109 Å². The molecule has 0 spiro atoms. The molecule has 2 N–H and O–H groups in total. The van der Waals surface area contributed by atoms with Gasteiger partial charge in [0.2, 0.25) is 6.41 Å². The molecule has 1 amide bonds. The zero-order chi connectivity index (χ0) is 27.4. The molecule has 0 bridgehead atoms. The first-order valence-electron chi connectivity index (χ1n) is 14.1. The second kappa shape index (κ2) is 14.0. The smallest absolute Gasteiger partial charge is 0.214 e. The summed E-state index contributed by atoms with van der Waals surface area (Å²) < 4.78 is 0. The molecule has 1 aliphatic heterocycles. The molecule has 206 valence electrons. The lowest BCUT2D eigenvalue weighted by molar-refractivity contribution is -0.107. The van der Waals surface area contributed by atoms with Crippen molar-refractivity contribution in [1.29, 1.82) is 0 Å². The second-order valence-corrected chi connectivity index (χ2v) is 10.2. The average Bonchev–Trinajstić information content (AvgIpc) is 3.52. The van der Waals surface area contributed by atoms with Crippen LogP contribution >= 0.6 is 0 Å². The van der Waals surface area contributed by atoms with Crippen molar-refractivity contribution in [1.82, 2.24) is 19.8 Å². The van der Waals surface area contributed by atoms with E-state index in [9.17, 15) is 4.79 Å². The minimum absolute atomic E-state index is 0.633. The summed E-state index contributed by atoms with van der Waals surface area (Å²) in [5.41, 5.74) is 4.30. The van der Waals surface area contributed by atoms with E-state index in [0.717, 1.165) is 55.5 Å². The van der Waals surface area contributed by atoms with Crippen molar-refractivity contribution in [3.63, 3.8) is 0 Å². The molecule has 0 saturated carbocycles. The van der Waals surface area contributed by atoms with Gasteiger partial charge in [-0.25, -0.2) is 4.98 Å². The number of amides is 1. The molecule has 0 aliphatic carbocycles.